The van der Waals surface area contributed by atoms with E-state index in [1.807, 2.05) is 57.3 Å². The summed E-state index contributed by atoms with van der Waals surface area (Å²) in [7, 11) is 0. The summed E-state index contributed by atoms with van der Waals surface area (Å²) in [6, 6.07) is 13.7. The molecule has 0 saturated heterocycles. The molecule has 1 aromatic heterocycles. The van der Waals surface area contributed by atoms with Gasteiger partial charge in [-0.25, -0.2) is 0 Å². The number of non-ortho nitro benzene ring substituents is 1. The largest absolute Gasteiger partial charge is 0.348 e. The second-order valence-corrected chi connectivity index (χ2v) is 8.46. The van der Waals surface area contributed by atoms with E-state index in [0.717, 1.165) is 22.0 Å². The number of halogens is 1. The molecule has 0 bridgehead atoms. The number of nitro groups is 1. The molecule has 6 nitrogen and oxygen atoms in total. The van der Waals surface area contributed by atoms with Crippen LogP contribution in [0.2, 0.25) is 0 Å². The lowest BCUT2D eigenvalue weighted by Crippen LogP contribution is -2.22. The third kappa shape index (κ3) is 6.92. The zero-order valence-electron chi connectivity index (χ0n) is 18.5. The lowest BCUT2D eigenvalue weighted by atomic mass is 10.1. The van der Waals surface area contributed by atoms with Gasteiger partial charge in [-0.3, -0.25) is 14.9 Å². The van der Waals surface area contributed by atoms with Crippen molar-refractivity contribution < 1.29 is 9.72 Å². The van der Waals surface area contributed by atoms with Crippen molar-refractivity contribution in [3.63, 3.8) is 0 Å². The first-order valence-corrected chi connectivity index (χ1v) is 11.4. The van der Waals surface area contributed by atoms with E-state index >= 15 is 0 Å². The van der Waals surface area contributed by atoms with Crippen molar-refractivity contribution in [2.24, 2.45) is 0 Å². The molecule has 168 valence electrons. The number of aromatic nitrogens is 1. The summed E-state index contributed by atoms with van der Waals surface area (Å²) in [4.78, 5) is 23.1. The van der Waals surface area contributed by atoms with E-state index in [-0.39, 0.29) is 11.6 Å². The average Bonchev–Trinajstić information content (AvgIpc) is 3.19. The van der Waals surface area contributed by atoms with Crippen LogP contribution in [0, 0.1) is 10.1 Å². The molecule has 0 spiro atoms. The number of nitrogens with one attached hydrogen (secondary N) is 1. The Morgan fingerprint density at radius 1 is 1.22 bits per heavy atom. The van der Waals surface area contributed by atoms with Gasteiger partial charge in [0.2, 0.25) is 0 Å². The van der Waals surface area contributed by atoms with Gasteiger partial charge in [-0.2, -0.15) is 0 Å². The zero-order valence-corrected chi connectivity index (χ0v) is 20.1. The Morgan fingerprint density at radius 3 is 2.53 bits per heavy atom. The van der Waals surface area contributed by atoms with Crippen molar-refractivity contribution in [3.8, 4) is 0 Å². The standard InChI is InChI=1S/C23H22BrN3O3.C2H6/c1-16(3-4-17(2)24)15-26-12-11-19-13-20(7-10-22(19)26)23(28)25-14-18-5-8-21(9-6-18)27(29)30;1-2/h3-13,17H,1,14-15H2,2H3,(H,25,28);1-2H3/b4-3-;. The van der Waals surface area contributed by atoms with Crippen LogP contribution in [0.25, 0.3) is 10.9 Å². The van der Waals surface area contributed by atoms with Crippen molar-refractivity contribution in [1.82, 2.24) is 9.88 Å². The number of rotatable bonds is 8. The normalized spacial score (nSPS) is 11.6. The maximum absolute atomic E-state index is 12.5. The number of fused-ring (bicyclic) bond motifs is 1. The molecule has 7 heteroatoms. The van der Waals surface area contributed by atoms with Crippen LogP contribution in [-0.4, -0.2) is 20.2 Å². The highest BCUT2D eigenvalue weighted by Crippen LogP contribution is 2.19. The van der Waals surface area contributed by atoms with Gasteiger partial charge in [0.15, 0.2) is 0 Å². The number of alkyl halides is 1. The molecule has 3 rings (SSSR count). The summed E-state index contributed by atoms with van der Waals surface area (Å²) >= 11 is 3.48. The summed E-state index contributed by atoms with van der Waals surface area (Å²) in [5.74, 6) is -0.193. The summed E-state index contributed by atoms with van der Waals surface area (Å²) in [6.07, 6.45) is 6.03. The molecule has 0 radical (unpaired) electrons. The fourth-order valence-electron chi connectivity index (χ4n) is 3.04. The highest BCUT2D eigenvalue weighted by Gasteiger charge is 2.10. The molecule has 1 atom stereocenters. The minimum atomic E-state index is -0.447. The first-order chi connectivity index (χ1) is 15.3. The summed E-state index contributed by atoms with van der Waals surface area (Å²) < 4.78 is 2.10. The van der Waals surface area contributed by atoms with E-state index in [4.69, 9.17) is 0 Å². The number of amides is 1. The number of allylic oxidation sites excluding steroid dienone is 3. The molecule has 1 amide bonds. The predicted molar refractivity (Wildman–Crippen MR) is 134 cm³/mol. The Kier molecular flexibility index (Phi) is 9.40. The Balaban J connectivity index is 0.00000176. The van der Waals surface area contributed by atoms with E-state index in [9.17, 15) is 14.9 Å². The Hall–Kier alpha value is -3.19. The monoisotopic (exact) mass is 497 g/mol. The molecule has 2 aromatic carbocycles. The van der Waals surface area contributed by atoms with Crippen LogP contribution in [0.5, 0.6) is 0 Å². The van der Waals surface area contributed by atoms with Crippen molar-refractivity contribution in [2.75, 3.05) is 0 Å². The van der Waals surface area contributed by atoms with E-state index in [1.165, 1.54) is 12.1 Å². The van der Waals surface area contributed by atoms with Crippen LogP contribution in [0.3, 0.4) is 0 Å². The van der Waals surface area contributed by atoms with Gasteiger partial charge in [-0.1, -0.05) is 60.6 Å². The van der Waals surface area contributed by atoms with Crippen LogP contribution >= 0.6 is 15.9 Å². The number of carbonyl (C=O) groups is 1. The molecule has 3 aromatic rings. The van der Waals surface area contributed by atoms with E-state index in [1.54, 1.807) is 18.2 Å². The fourth-order valence-corrected chi connectivity index (χ4v) is 3.19. The highest BCUT2D eigenvalue weighted by molar-refractivity contribution is 9.09. The summed E-state index contributed by atoms with van der Waals surface area (Å²) in [6.45, 7) is 11.1. The molecule has 0 aliphatic heterocycles. The van der Waals surface area contributed by atoms with Gasteiger partial charge in [0.1, 0.15) is 0 Å². The smallest absolute Gasteiger partial charge is 0.269 e. The SMILES string of the molecule is C=C(/C=C\C(C)Br)Cn1ccc2cc(C(=O)NCc3ccc([N+](=O)[O-])cc3)ccc21.CC. The number of hydrogen-bond donors (Lipinski definition) is 1. The number of hydrogen-bond acceptors (Lipinski definition) is 3. The average molecular weight is 498 g/mol. The van der Waals surface area contributed by atoms with Crippen LogP contribution < -0.4 is 5.32 Å². The fraction of sp³-hybridized carbons (Fsp3) is 0.240. The molecular weight excluding hydrogens is 470 g/mol. The number of nitro benzene ring substituents is 1. The molecule has 0 saturated carbocycles. The van der Waals surface area contributed by atoms with Gasteiger partial charge in [0.05, 0.1) is 4.92 Å². The second kappa shape index (κ2) is 12.0. The lowest BCUT2D eigenvalue weighted by Gasteiger charge is -2.08. The summed E-state index contributed by atoms with van der Waals surface area (Å²) in [5, 5.41) is 14.5. The first kappa shape index (κ1) is 25.1. The molecular formula is C25H28BrN3O3. The Labute approximate surface area is 196 Å². The van der Waals surface area contributed by atoms with Crippen molar-refractivity contribution in [2.45, 2.75) is 38.7 Å². The van der Waals surface area contributed by atoms with Crippen molar-refractivity contribution >= 4 is 38.4 Å². The molecule has 1 unspecified atom stereocenters. The Bertz CT molecular complexity index is 1120. The molecule has 32 heavy (non-hydrogen) atoms. The number of carbonyl (C=O) groups excluding carboxylic acids is 1. The van der Waals surface area contributed by atoms with Crippen LogP contribution in [0.15, 0.2) is 79.0 Å². The first-order valence-electron chi connectivity index (χ1n) is 10.4. The predicted octanol–water partition coefficient (Wildman–Crippen LogP) is 6.40. The molecule has 0 aliphatic carbocycles. The van der Waals surface area contributed by atoms with Crippen molar-refractivity contribution in [1.29, 1.82) is 0 Å². The van der Waals surface area contributed by atoms with Crippen LogP contribution in [-0.2, 0) is 13.1 Å². The third-order valence-electron chi connectivity index (χ3n) is 4.60. The van der Waals surface area contributed by atoms with Gasteiger partial charge in [0.25, 0.3) is 11.6 Å². The quantitative estimate of drug-likeness (QED) is 0.169. The topological polar surface area (TPSA) is 77.2 Å². The van der Waals surface area contributed by atoms with Gasteiger partial charge in [0, 0.05) is 52.7 Å². The second-order valence-electron chi connectivity index (χ2n) is 7.02. The lowest BCUT2D eigenvalue weighted by molar-refractivity contribution is -0.384. The molecule has 0 fully saturated rings. The van der Waals surface area contributed by atoms with Gasteiger partial charge < -0.3 is 9.88 Å². The van der Waals surface area contributed by atoms with E-state index in [2.05, 4.69) is 32.4 Å². The van der Waals surface area contributed by atoms with Gasteiger partial charge >= 0.3 is 0 Å². The maximum Gasteiger partial charge on any atom is 0.269 e. The van der Waals surface area contributed by atoms with Gasteiger partial charge in [-0.05, 0) is 42.3 Å². The van der Waals surface area contributed by atoms with Crippen molar-refractivity contribution in [3.05, 3.63) is 100 Å². The molecule has 0 aliphatic rings. The zero-order chi connectivity index (χ0) is 23.7. The molecule has 1 N–H and O–H groups in total. The third-order valence-corrected chi connectivity index (χ3v) is 4.91. The summed E-state index contributed by atoms with van der Waals surface area (Å²) in [5.41, 5.74) is 3.41. The minimum absolute atomic E-state index is 0.0277. The van der Waals surface area contributed by atoms with Crippen LogP contribution in [0.4, 0.5) is 5.69 Å². The maximum atomic E-state index is 12.5. The van der Waals surface area contributed by atoms with E-state index in [0.29, 0.717) is 23.5 Å². The van der Waals surface area contributed by atoms with E-state index < -0.39 is 4.92 Å². The number of nitrogens with zero attached hydrogens (tertiary/aromatic N) is 2. The van der Waals surface area contributed by atoms with Gasteiger partial charge in [-0.15, -0.1) is 0 Å². The molecule has 1 heterocycles. The van der Waals surface area contributed by atoms with Crippen LogP contribution in [0.1, 0.15) is 36.7 Å². The highest BCUT2D eigenvalue weighted by atomic mass is 79.9. The number of benzene rings is 2. The Morgan fingerprint density at radius 2 is 1.91 bits per heavy atom. The minimum Gasteiger partial charge on any atom is -0.348 e.